The number of rotatable bonds is 3. The topological polar surface area (TPSA) is 75.9 Å². The maximum Gasteiger partial charge on any atom is 0.239 e. The summed E-state index contributed by atoms with van der Waals surface area (Å²) in [5.74, 6) is 1.54. The lowest BCUT2D eigenvalue weighted by atomic mass is 10.3. The first-order valence-electron chi connectivity index (χ1n) is 4.92. The quantitative estimate of drug-likeness (QED) is 0.460. The smallest absolute Gasteiger partial charge is 0.239 e. The SMILES string of the molecule is NNc1ncc(Cl)c(Nc2cc(F)cc(F)c2F)n1. The van der Waals surface area contributed by atoms with Gasteiger partial charge in [-0.1, -0.05) is 11.6 Å². The minimum atomic E-state index is -1.33. The Kier molecular flexibility index (Phi) is 3.72. The summed E-state index contributed by atoms with van der Waals surface area (Å²) in [7, 11) is 0. The molecule has 0 aliphatic carbocycles. The van der Waals surface area contributed by atoms with Crippen LogP contribution >= 0.6 is 11.6 Å². The van der Waals surface area contributed by atoms with Crippen molar-refractivity contribution in [1.29, 1.82) is 0 Å². The van der Waals surface area contributed by atoms with Crippen LogP contribution in [0.4, 0.5) is 30.6 Å². The van der Waals surface area contributed by atoms with Crippen LogP contribution in [0.25, 0.3) is 0 Å². The Morgan fingerprint density at radius 1 is 1.21 bits per heavy atom. The van der Waals surface area contributed by atoms with Crippen molar-refractivity contribution in [3.63, 3.8) is 0 Å². The van der Waals surface area contributed by atoms with Crippen molar-refractivity contribution in [3.8, 4) is 0 Å². The van der Waals surface area contributed by atoms with Crippen molar-refractivity contribution in [3.05, 3.63) is 40.8 Å². The summed E-state index contributed by atoms with van der Waals surface area (Å²) in [6, 6.07) is 1.20. The summed E-state index contributed by atoms with van der Waals surface area (Å²) in [4.78, 5) is 7.48. The minimum Gasteiger partial charge on any atom is -0.336 e. The lowest BCUT2D eigenvalue weighted by Gasteiger charge is -2.09. The van der Waals surface area contributed by atoms with E-state index in [-0.39, 0.29) is 16.8 Å². The van der Waals surface area contributed by atoms with Gasteiger partial charge in [0.15, 0.2) is 17.5 Å². The molecule has 0 atom stereocenters. The third kappa shape index (κ3) is 2.85. The number of hydrazine groups is 1. The van der Waals surface area contributed by atoms with E-state index < -0.39 is 23.1 Å². The van der Waals surface area contributed by atoms with Crippen molar-refractivity contribution in [2.24, 2.45) is 5.84 Å². The number of nitrogens with zero attached hydrogens (tertiary/aromatic N) is 2. The van der Waals surface area contributed by atoms with Crippen LogP contribution in [0.2, 0.25) is 5.02 Å². The van der Waals surface area contributed by atoms with Gasteiger partial charge in [0.1, 0.15) is 10.8 Å². The molecule has 1 heterocycles. The molecule has 2 rings (SSSR count). The number of benzene rings is 1. The zero-order valence-corrected chi connectivity index (χ0v) is 9.97. The van der Waals surface area contributed by atoms with Gasteiger partial charge in [-0.15, -0.1) is 0 Å². The van der Waals surface area contributed by atoms with Crippen LogP contribution in [0.3, 0.4) is 0 Å². The summed E-state index contributed by atoms with van der Waals surface area (Å²) in [6.45, 7) is 0. The van der Waals surface area contributed by atoms with Crippen LogP contribution < -0.4 is 16.6 Å². The Labute approximate surface area is 110 Å². The Balaban J connectivity index is 2.41. The fourth-order valence-electron chi connectivity index (χ4n) is 1.30. The lowest BCUT2D eigenvalue weighted by molar-refractivity contribution is 0.498. The van der Waals surface area contributed by atoms with E-state index >= 15 is 0 Å². The molecule has 1 aromatic carbocycles. The third-order valence-corrected chi connectivity index (χ3v) is 2.40. The van der Waals surface area contributed by atoms with Crippen LogP contribution in [-0.2, 0) is 0 Å². The highest BCUT2D eigenvalue weighted by Gasteiger charge is 2.13. The highest BCUT2D eigenvalue weighted by atomic mass is 35.5. The average Bonchev–Trinajstić information content (AvgIpc) is 2.38. The second-order valence-corrected chi connectivity index (χ2v) is 3.82. The van der Waals surface area contributed by atoms with E-state index in [0.29, 0.717) is 6.07 Å². The molecule has 0 saturated heterocycles. The molecule has 0 spiro atoms. The van der Waals surface area contributed by atoms with Gasteiger partial charge in [0.05, 0.1) is 11.9 Å². The van der Waals surface area contributed by atoms with Crippen molar-refractivity contribution in [2.45, 2.75) is 0 Å². The summed E-state index contributed by atoms with van der Waals surface area (Å²) >= 11 is 5.77. The number of hydrogen-bond acceptors (Lipinski definition) is 5. The first-order valence-corrected chi connectivity index (χ1v) is 5.29. The molecule has 0 aliphatic rings. The Hall–Kier alpha value is -2.06. The number of nitrogens with one attached hydrogen (secondary N) is 2. The number of halogens is 4. The van der Waals surface area contributed by atoms with Gasteiger partial charge in [-0.25, -0.2) is 24.0 Å². The van der Waals surface area contributed by atoms with Gasteiger partial charge in [0.2, 0.25) is 5.95 Å². The molecule has 0 saturated carbocycles. The fraction of sp³-hybridized carbons (Fsp3) is 0. The predicted molar refractivity (Wildman–Crippen MR) is 64.5 cm³/mol. The maximum atomic E-state index is 13.5. The summed E-state index contributed by atoms with van der Waals surface area (Å²) in [5.41, 5.74) is 1.71. The van der Waals surface area contributed by atoms with E-state index in [2.05, 4.69) is 20.7 Å². The molecule has 100 valence electrons. The zero-order chi connectivity index (χ0) is 14.0. The summed E-state index contributed by atoms with van der Waals surface area (Å²) in [6.07, 6.45) is 1.19. The van der Waals surface area contributed by atoms with Gasteiger partial charge in [0.25, 0.3) is 0 Å². The molecule has 0 unspecified atom stereocenters. The first kappa shape index (κ1) is 13.4. The molecule has 2 aromatic rings. The molecule has 0 fully saturated rings. The summed E-state index contributed by atoms with van der Waals surface area (Å²) < 4.78 is 39.5. The third-order valence-electron chi connectivity index (χ3n) is 2.12. The molecule has 4 N–H and O–H groups in total. The van der Waals surface area contributed by atoms with Gasteiger partial charge in [-0.3, -0.25) is 5.43 Å². The van der Waals surface area contributed by atoms with E-state index in [9.17, 15) is 13.2 Å². The van der Waals surface area contributed by atoms with Crippen molar-refractivity contribution in [1.82, 2.24) is 9.97 Å². The maximum absolute atomic E-state index is 13.5. The Morgan fingerprint density at radius 2 is 1.95 bits per heavy atom. The molecule has 1 aromatic heterocycles. The Bertz CT molecular complexity index is 622. The van der Waals surface area contributed by atoms with Gasteiger partial charge < -0.3 is 5.32 Å². The minimum absolute atomic E-state index is 0.00387. The molecule has 19 heavy (non-hydrogen) atoms. The van der Waals surface area contributed by atoms with Crippen LogP contribution in [0.1, 0.15) is 0 Å². The fourth-order valence-corrected chi connectivity index (χ4v) is 1.44. The van der Waals surface area contributed by atoms with E-state index in [1.54, 1.807) is 0 Å². The highest BCUT2D eigenvalue weighted by Crippen LogP contribution is 2.26. The van der Waals surface area contributed by atoms with E-state index in [0.717, 1.165) is 6.07 Å². The molecule has 0 radical (unpaired) electrons. The molecule has 0 bridgehead atoms. The van der Waals surface area contributed by atoms with E-state index in [1.807, 2.05) is 0 Å². The van der Waals surface area contributed by atoms with Gasteiger partial charge in [0, 0.05) is 12.1 Å². The molecular weight excluding hydrogens is 283 g/mol. The van der Waals surface area contributed by atoms with Crippen molar-refractivity contribution in [2.75, 3.05) is 10.7 Å². The largest absolute Gasteiger partial charge is 0.336 e. The van der Waals surface area contributed by atoms with Gasteiger partial charge in [-0.05, 0) is 0 Å². The number of hydrogen-bond donors (Lipinski definition) is 3. The number of aromatic nitrogens is 2. The average molecular weight is 290 g/mol. The number of nitrogens with two attached hydrogens (primary N) is 1. The second kappa shape index (κ2) is 5.29. The number of anilines is 3. The van der Waals surface area contributed by atoms with Crippen LogP contribution in [0.15, 0.2) is 18.3 Å². The van der Waals surface area contributed by atoms with E-state index in [4.69, 9.17) is 17.4 Å². The van der Waals surface area contributed by atoms with E-state index in [1.165, 1.54) is 6.20 Å². The molecule has 0 aliphatic heterocycles. The van der Waals surface area contributed by atoms with Crippen molar-refractivity contribution < 1.29 is 13.2 Å². The second-order valence-electron chi connectivity index (χ2n) is 3.41. The lowest BCUT2D eigenvalue weighted by Crippen LogP contribution is -2.11. The van der Waals surface area contributed by atoms with Crippen molar-refractivity contribution >= 4 is 29.1 Å². The summed E-state index contributed by atoms with van der Waals surface area (Å²) in [5, 5.41) is 2.39. The van der Waals surface area contributed by atoms with Crippen LogP contribution in [0.5, 0.6) is 0 Å². The van der Waals surface area contributed by atoms with Gasteiger partial charge >= 0.3 is 0 Å². The molecular formula is C10H7ClF3N5. The highest BCUT2D eigenvalue weighted by molar-refractivity contribution is 6.32. The molecule has 9 heteroatoms. The normalized spacial score (nSPS) is 10.4. The standard InChI is InChI=1S/C10H7ClF3N5/c11-5-3-16-10(19-15)18-9(5)17-7-2-4(12)1-6(13)8(7)14/h1-3H,15H2,(H2,16,17,18,19). The Morgan fingerprint density at radius 3 is 2.63 bits per heavy atom. The monoisotopic (exact) mass is 289 g/mol. The van der Waals surface area contributed by atoms with Gasteiger partial charge in [-0.2, -0.15) is 4.98 Å². The predicted octanol–water partition coefficient (Wildman–Crippen LogP) is 2.58. The molecule has 0 amide bonds. The van der Waals surface area contributed by atoms with Crippen LogP contribution in [0, 0.1) is 17.5 Å². The number of nitrogen functional groups attached to an aromatic ring is 1. The zero-order valence-electron chi connectivity index (χ0n) is 9.22. The first-order chi connectivity index (χ1) is 9.01. The molecule has 5 nitrogen and oxygen atoms in total. The van der Waals surface area contributed by atoms with Crippen LogP contribution in [-0.4, -0.2) is 9.97 Å².